The van der Waals surface area contributed by atoms with Crippen LogP contribution in [-0.2, 0) is 19.3 Å². The smallest absolute Gasteiger partial charge is 0.332 e. The fourth-order valence-electron chi connectivity index (χ4n) is 8.25. The molecule has 0 N–H and O–H groups in total. The first kappa shape index (κ1) is 28.3. The van der Waals surface area contributed by atoms with Gasteiger partial charge in [0.1, 0.15) is 0 Å². The molecule has 7 aromatic rings. The minimum absolute atomic E-state index is 0.0892. The molecule has 0 radical (unpaired) electrons. The first-order valence-electron chi connectivity index (χ1n) is 17.4. The second kappa shape index (κ2) is 11.6. The first-order chi connectivity index (χ1) is 22.2. The van der Waals surface area contributed by atoms with Gasteiger partial charge in [-0.25, -0.2) is 0 Å². The molecule has 2 aromatic heterocycles. The van der Waals surface area contributed by atoms with Crippen molar-refractivity contribution < 1.29 is 0 Å². The van der Waals surface area contributed by atoms with Gasteiger partial charge in [0.25, 0.3) is 0 Å². The Kier molecular flexibility index (Phi) is 7.28. The summed E-state index contributed by atoms with van der Waals surface area (Å²) < 4.78 is 5.34. The van der Waals surface area contributed by atoms with E-state index in [0.29, 0.717) is 0 Å². The third-order valence-electron chi connectivity index (χ3n) is 10.3. The number of fused-ring (bicyclic) bond motifs is 8. The van der Waals surface area contributed by atoms with Crippen LogP contribution in [0.15, 0.2) is 97.1 Å². The largest absolute Gasteiger partial charge is 0.375 e. The highest BCUT2D eigenvalue weighted by molar-refractivity contribution is 6.88. The minimum Gasteiger partial charge on any atom is -0.375 e. The number of benzene rings is 5. The molecule has 2 nitrogen and oxygen atoms in total. The van der Waals surface area contributed by atoms with Crippen molar-refractivity contribution in [2.45, 2.75) is 78.6 Å². The van der Waals surface area contributed by atoms with Crippen LogP contribution in [-0.4, -0.2) is 15.9 Å². The summed E-state index contributed by atoms with van der Waals surface area (Å²) in [6.07, 6.45) is 10.7. The fraction of sp³-hybridized carbons (Fsp3) is 0.286. The normalized spacial score (nSPS) is 12.6. The van der Waals surface area contributed by atoms with Gasteiger partial charge in [0.05, 0.1) is 11.0 Å². The standard InChI is InChI=1S/C42H43BN2/c1-4-7-16-29-27-31(18-9-6-3)41-35(28-29)34-21-14-19-30(17-8-5-2)40(34)45(41)43-36-23-11-13-26-39(36)44-38-25-12-10-20-32(38)33-22-15-24-37(43)42(33)44/h10-15,19-28H,4-9,16-18H2,1-3H3. The van der Waals surface area contributed by atoms with Gasteiger partial charge < -0.3 is 9.05 Å². The number of aromatic nitrogens is 2. The summed E-state index contributed by atoms with van der Waals surface area (Å²) in [4.78, 5) is 0. The van der Waals surface area contributed by atoms with Gasteiger partial charge in [-0.1, -0.05) is 119 Å². The summed E-state index contributed by atoms with van der Waals surface area (Å²) in [5, 5.41) is 5.55. The Labute approximate surface area is 267 Å². The van der Waals surface area contributed by atoms with Crippen molar-refractivity contribution in [3.8, 4) is 5.69 Å². The van der Waals surface area contributed by atoms with Crippen molar-refractivity contribution in [1.29, 1.82) is 0 Å². The maximum atomic E-state index is 2.80. The lowest BCUT2D eigenvalue weighted by molar-refractivity contribution is 0.783. The Balaban J connectivity index is 1.54. The molecule has 0 spiro atoms. The highest BCUT2D eigenvalue weighted by Crippen LogP contribution is 2.39. The molecule has 8 rings (SSSR count). The average molecular weight is 587 g/mol. The lowest BCUT2D eigenvalue weighted by Crippen LogP contribution is -2.53. The van der Waals surface area contributed by atoms with E-state index in [0.717, 1.165) is 19.3 Å². The second-order valence-corrected chi connectivity index (χ2v) is 13.2. The number of hydrogen-bond acceptors (Lipinski definition) is 0. The minimum atomic E-state index is 0.0892. The van der Waals surface area contributed by atoms with Gasteiger partial charge >= 0.3 is 6.85 Å². The number of nitrogens with zero attached hydrogens (tertiary/aromatic N) is 2. The molecular weight excluding hydrogens is 543 g/mol. The highest BCUT2D eigenvalue weighted by atomic mass is 15.0. The topological polar surface area (TPSA) is 9.86 Å². The van der Waals surface area contributed by atoms with Crippen LogP contribution < -0.4 is 10.9 Å². The van der Waals surface area contributed by atoms with Gasteiger partial charge in [-0.3, -0.25) is 0 Å². The summed E-state index contributed by atoms with van der Waals surface area (Å²) in [6, 6.07) is 37.4. The van der Waals surface area contributed by atoms with E-state index in [4.69, 9.17) is 0 Å². The van der Waals surface area contributed by atoms with Gasteiger partial charge in [0, 0.05) is 38.3 Å². The number of aryl methyl sites for hydroxylation is 3. The van der Waals surface area contributed by atoms with E-state index in [1.165, 1.54) is 115 Å². The van der Waals surface area contributed by atoms with Crippen LogP contribution in [0.1, 0.15) is 76.0 Å². The molecule has 0 atom stereocenters. The lowest BCUT2D eigenvalue weighted by Gasteiger charge is -2.29. The van der Waals surface area contributed by atoms with Crippen LogP contribution in [0.25, 0.3) is 49.3 Å². The third-order valence-corrected chi connectivity index (χ3v) is 10.3. The molecule has 3 heteroatoms. The third kappa shape index (κ3) is 4.38. The van der Waals surface area contributed by atoms with Crippen LogP contribution >= 0.6 is 0 Å². The second-order valence-electron chi connectivity index (χ2n) is 13.2. The van der Waals surface area contributed by atoms with Crippen LogP contribution in [0, 0.1) is 0 Å². The molecule has 0 saturated carbocycles. The molecule has 0 fully saturated rings. The fourth-order valence-corrected chi connectivity index (χ4v) is 8.25. The van der Waals surface area contributed by atoms with E-state index < -0.39 is 0 Å². The molecule has 1 aliphatic rings. The Hall–Kier alpha value is -4.24. The molecule has 1 aliphatic heterocycles. The van der Waals surface area contributed by atoms with Crippen LogP contribution in [0.5, 0.6) is 0 Å². The van der Waals surface area contributed by atoms with Crippen molar-refractivity contribution in [2.24, 2.45) is 0 Å². The summed E-state index contributed by atoms with van der Waals surface area (Å²) >= 11 is 0. The molecule has 5 aromatic carbocycles. The van der Waals surface area contributed by atoms with Gasteiger partial charge in [0.2, 0.25) is 0 Å². The van der Waals surface area contributed by atoms with Crippen LogP contribution in [0.4, 0.5) is 0 Å². The Morgan fingerprint density at radius 2 is 1.13 bits per heavy atom. The predicted molar refractivity (Wildman–Crippen MR) is 196 cm³/mol. The zero-order chi connectivity index (χ0) is 30.5. The molecule has 0 amide bonds. The Bertz CT molecular complexity index is 2200. The van der Waals surface area contributed by atoms with Crippen LogP contribution in [0.3, 0.4) is 0 Å². The molecular formula is C42H43BN2. The predicted octanol–water partition coefficient (Wildman–Crippen LogP) is 9.89. The van der Waals surface area contributed by atoms with E-state index >= 15 is 0 Å². The van der Waals surface area contributed by atoms with Gasteiger partial charge in [-0.2, -0.15) is 0 Å². The number of hydrogen-bond donors (Lipinski definition) is 0. The summed E-state index contributed by atoms with van der Waals surface area (Å²) in [6.45, 7) is 7.04. The molecule has 45 heavy (non-hydrogen) atoms. The molecule has 0 saturated heterocycles. The molecule has 0 unspecified atom stereocenters. The molecule has 3 heterocycles. The molecule has 0 aliphatic carbocycles. The van der Waals surface area contributed by atoms with E-state index in [2.05, 4.69) is 127 Å². The Morgan fingerprint density at radius 1 is 0.511 bits per heavy atom. The van der Waals surface area contributed by atoms with E-state index in [-0.39, 0.29) is 6.85 Å². The highest BCUT2D eigenvalue weighted by Gasteiger charge is 2.36. The summed E-state index contributed by atoms with van der Waals surface area (Å²) in [7, 11) is 0. The van der Waals surface area contributed by atoms with Crippen LogP contribution in [0.2, 0.25) is 0 Å². The van der Waals surface area contributed by atoms with E-state index in [1.807, 2.05) is 0 Å². The van der Waals surface area contributed by atoms with Crippen molar-refractivity contribution in [2.75, 3.05) is 0 Å². The SMILES string of the molecule is CCCCc1cc(CCCC)c2c(c1)c1cccc(CCCC)c1n2B1c2ccccc2-n2c3ccccc3c3cccc1c32. The Morgan fingerprint density at radius 3 is 1.96 bits per heavy atom. The quantitative estimate of drug-likeness (QED) is 0.141. The average Bonchev–Trinajstić information content (AvgIpc) is 3.60. The molecule has 0 bridgehead atoms. The van der Waals surface area contributed by atoms with Gasteiger partial charge in [-0.15, -0.1) is 0 Å². The van der Waals surface area contributed by atoms with E-state index in [9.17, 15) is 0 Å². The maximum Gasteiger partial charge on any atom is 0.332 e. The van der Waals surface area contributed by atoms with E-state index in [1.54, 1.807) is 0 Å². The van der Waals surface area contributed by atoms with Gasteiger partial charge in [-0.05, 0) is 84.3 Å². The number of para-hydroxylation sites is 4. The number of rotatable bonds is 10. The zero-order valence-electron chi connectivity index (χ0n) is 27.1. The summed E-state index contributed by atoms with van der Waals surface area (Å²) in [5.74, 6) is 0. The zero-order valence-corrected chi connectivity index (χ0v) is 27.1. The lowest BCUT2D eigenvalue weighted by atomic mass is 9.48. The van der Waals surface area contributed by atoms with Crippen molar-refractivity contribution in [1.82, 2.24) is 9.05 Å². The van der Waals surface area contributed by atoms with Gasteiger partial charge in [0.15, 0.2) is 0 Å². The maximum absolute atomic E-state index is 2.80. The number of unbranched alkanes of at least 4 members (excludes halogenated alkanes) is 3. The molecule has 224 valence electrons. The van der Waals surface area contributed by atoms with Crippen molar-refractivity contribution in [3.05, 3.63) is 114 Å². The monoisotopic (exact) mass is 586 g/mol. The first-order valence-corrected chi connectivity index (χ1v) is 17.4. The van der Waals surface area contributed by atoms with Crippen molar-refractivity contribution in [3.63, 3.8) is 0 Å². The summed E-state index contributed by atoms with van der Waals surface area (Å²) in [5.41, 5.74) is 14.1. The van der Waals surface area contributed by atoms with Crippen molar-refractivity contribution >= 4 is 61.4 Å².